The average Bonchev–Trinajstić information content (AvgIpc) is 2.61. The van der Waals surface area contributed by atoms with E-state index in [1.165, 1.54) is 16.5 Å². The highest BCUT2D eigenvalue weighted by atomic mass is 32.1. The number of aromatic nitrogens is 1. The lowest BCUT2D eigenvalue weighted by Crippen LogP contribution is -2.26. The third-order valence-electron chi connectivity index (χ3n) is 2.54. The van der Waals surface area contributed by atoms with Gasteiger partial charge in [0.05, 0.1) is 5.52 Å². The molecule has 2 nitrogen and oxygen atoms in total. The standard InChI is InChI=1S/C12H14N2S/c1-9-5-4-6-11-10(9)7-8-14(11)12(15)13(2)3/h4-8H,1-3H3. The van der Waals surface area contributed by atoms with Crippen LogP contribution in [-0.4, -0.2) is 28.7 Å². The van der Waals surface area contributed by atoms with Gasteiger partial charge in [0.1, 0.15) is 0 Å². The van der Waals surface area contributed by atoms with Gasteiger partial charge in [-0.15, -0.1) is 0 Å². The van der Waals surface area contributed by atoms with Crippen molar-refractivity contribution in [2.75, 3.05) is 14.1 Å². The highest BCUT2D eigenvalue weighted by molar-refractivity contribution is 7.80. The molecule has 0 unspecified atom stereocenters. The lowest BCUT2D eigenvalue weighted by atomic mass is 10.1. The highest BCUT2D eigenvalue weighted by Crippen LogP contribution is 2.19. The minimum atomic E-state index is 0.815. The number of thiocarbonyl (C=S) groups is 1. The maximum absolute atomic E-state index is 5.36. The Hall–Kier alpha value is -1.35. The van der Waals surface area contributed by atoms with Crippen LogP contribution < -0.4 is 0 Å². The first-order chi connectivity index (χ1) is 7.11. The summed E-state index contributed by atoms with van der Waals surface area (Å²) >= 11 is 5.36. The molecule has 2 aromatic rings. The summed E-state index contributed by atoms with van der Waals surface area (Å²) in [6.07, 6.45) is 2.03. The lowest BCUT2D eigenvalue weighted by molar-refractivity contribution is 0.614. The molecule has 0 atom stereocenters. The lowest BCUT2D eigenvalue weighted by Gasteiger charge is -2.15. The summed E-state index contributed by atoms with van der Waals surface area (Å²) in [5.41, 5.74) is 2.46. The SMILES string of the molecule is Cc1cccc2c1ccn2C(=S)N(C)C. The topological polar surface area (TPSA) is 8.17 Å². The van der Waals surface area contributed by atoms with E-state index in [0.717, 1.165) is 5.11 Å². The van der Waals surface area contributed by atoms with E-state index in [0.29, 0.717) is 0 Å². The molecule has 0 amide bonds. The predicted molar refractivity (Wildman–Crippen MR) is 68.4 cm³/mol. The van der Waals surface area contributed by atoms with Crippen molar-refractivity contribution < 1.29 is 0 Å². The largest absolute Gasteiger partial charge is 0.355 e. The van der Waals surface area contributed by atoms with Crippen molar-refractivity contribution >= 4 is 28.2 Å². The number of hydrogen-bond donors (Lipinski definition) is 0. The molecule has 15 heavy (non-hydrogen) atoms. The monoisotopic (exact) mass is 218 g/mol. The van der Waals surface area contributed by atoms with Crippen molar-refractivity contribution in [1.29, 1.82) is 0 Å². The summed E-state index contributed by atoms with van der Waals surface area (Å²) in [5.74, 6) is 0. The summed E-state index contributed by atoms with van der Waals surface area (Å²) in [5, 5.41) is 2.08. The smallest absolute Gasteiger partial charge is 0.179 e. The molecule has 0 aliphatic heterocycles. The minimum Gasteiger partial charge on any atom is -0.355 e. The zero-order valence-electron chi connectivity index (χ0n) is 9.19. The van der Waals surface area contributed by atoms with Gasteiger partial charge >= 0.3 is 0 Å². The van der Waals surface area contributed by atoms with Crippen molar-refractivity contribution in [1.82, 2.24) is 9.47 Å². The molecule has 2 rings (SSSR count). The molecule has 0 saturated heterocycles. The summed E-state index contributed by atoms with van der Waals surface area (Å²) in [4.78, 5) is 1.94. The maximum atomic E-state index is 5.36. The van der Waals surface area contributed by atoms with Gasteiger partial charge in [0.15, 0.2) is 5.11 Å². The number of nitrogens with zero attached hydrogens (tertiary/aromatic N) is 2. The van der Waals surface area contributed by atoms with Gasteiger partial charge in [-0.2, -0.15) is 0 Å². The number of fused-ring (bicyclic) bond motifs is 1. The van der Waals surface area contributed by atoms with Gasteiger partial charge in [0.25, 0.3) is 0 Å². The van der Waals surface area contributed by atoms with Crippen LogP contribution in [0, 0.1) is 6.92 Å². The molecule has 0 aliphatic carbocycles. The summed E-state index contributed by atoms with van der Waals surface area (Å²) < 4.78 is 2.04. The van der Waals surface area contributed by atoms with Gasteiger partial charge in [-0.05, 0) is 36.8 Å². The molecular formula is C12H14N2S. The zero-order chi connectivity index (χ0) is 11.0. The molecule has 0 radical (unpaired) electrons. The Morgan fingerprint density at radius 1 is 1.27 bits per heavy atom. The molecular weight excluding hydrogens is 204 g/mol. The van der Waals surface area contributed by atoms with Crippen LogP contribution in [0.3, 0.4) is 0 Å². The van der Waals surface area contributed by atoms with Crippen molar-refractivity contribution in [2.24, 2.45) is 0 Å². The van der Waals surface area contributed by atoms with Gasteiger partial charge in [-0.1, -0.05) is 12.1 Å². The number of benzene rings is 1. The van der Waals surface area contributed by atoms with Crippen LogP contribution >= 0.6 is 12.2 Å². The van der Waals surface area contributed by atoms with Gasteiger partial charge in [0.2, 0.25) is 0 Å². The van der Waals surface area contributed by atoms with Crippen molar-refractivity contribution in [3.05, 3.63) is 36.0 Å². The Balaban J connectivity index is 2.64. The number of hydrogen-bond acceptors (Lipinski definition) is 1. The first-order valence-electron chi connectivity index (χ1n) is 4.89. The second kappa shape index (κ2) is 3.66. The van der Waals surface area contributed by atoms with Crippen LogP contribution in [0.25, 0.3) is 10.9 Å². The molecule has 0 bridgehead atoms. The zero-order valence-corrected chi connectivity index (χ0v) is 10.0. The first-order valence-corrected chi connectivity index (χ1v) is 5.30. The number of aryl methyl sites for hydroxylation is 1. The molecule has 0 spiro atoms. The Kier molecular flexibility index (Phi) is 2.49. The molecule has 78 valence electrons. The fourth-order valence-corrected chi connectivity index (χ4v) is 1.86. The maximum Gasteiger partial charge on any atom is 0.179 e. The van der Waals surface area contributed by atoms with Crippen molar-refractivity contribution in [3.63, 3.8) is 0 Å². The Labute approximate surface area is 95.1 Å². The van der Waals surface area contributed by atoms with E-state index in [4.69, 9.17) is 12.2 Å². The minimum absolute atomic E-state index is 0.815. The normalized spacial score (nSPS) is 10.6. The van der Waals surface area contributed by atoms with Crippen molar-refractivity contribution in [3.8, 4) is 0 Å². The second-order valence-electron chi connectivity index (χ2n) is 3.87. The van der Waals surface area contributed by atoms with Crippen LogP contribution in [0.4, 0.5) is 0 Å². The average molecular weight is 218 g/mol. The highest BCUT2D eigenvalue weighted by Gasteiger charge is 2.07. The Morgan fingerprint density at radius 2 is 2.00 bits per heavy atom. The van der Waals surface area contributed by atoms with Crippen LogP contribution in [0.5, 0.6) is 0 Å². The molecule has 1 aromatic carbocycles. The molecule has 0 fully saturated rings. The third kappa shape index (κ3) is 1.63. The summed E-state index contributed by atoms with van der Waals surface area (Å²) in [7, 11) is 3.92. The molecule has 3 heteroatoms. The van der Waals surface area contributed by atoms with Gasteiger partial charge in [0, 0.05) is 25.7 Å². The Morgan fingerprint density at radius 3 is 2.67 bits per heavy atom. The van der Waals surface area contributed by atoms with Gasteiger partial charge in [-0.3, -0.25) is 4.57 Å². The van der Waals surface area contributed by atoms with E-state index in [1.807, 2.05) is 29.8 Å². The van der Waals surface area contributed by atoms with Crippen LogP contribution in [0.15, 0.2) is 30.5 Å². The quantitative estimate of drug-likeness (QED) is 0.628. The molecule has 1 heterocycles. The summed E-state index contributed by atoms with van der Waals surface area (Å²) in [6, 6.07) is 8.39. The van der Waals surface area contributed by atoms with Crippen molar-refractivity contribution in [2.45, 2.75) is 6.92 Å². The summed E-state index contributed by atoms with van der Waals surface area (Å²) in [6.45, 7) is 2.12. The first kappa shape index (κ1) is 10.2. The fraction of sp³-hybridized carbons (Fsp3) is 0.250. The second-order valence-corrected chi connectivity index (χ2v) is 4.24. The van der Waals surface area contributed by atoms with E-state index < -0.39 is 0 Å². The van der Waals surface area contributed by atoms with E-state index in [9.17, 15) is 0 Å². The van der Waals surface area contributed by atoms with E-state index in [-0.39, 0.29) is 0 Å². The van der Waals surface area contributed by atoms with E-state index in [2.05, 4.69) is 31.2 Å². The molecule has 0 aliphatic rings. The van der Waals surface area contributed by atoms with Gasteiger partial charge < -0.3 is 4.90 Å². The third-order valence-corrected chi connectivity index (χ3v) is 3.10. The van der Waals surface area contributed by atoms with Crippen LogP contribution in [0.2, 0.25) is 0 Å². The number of rotatable bonds is 0. The molecule has 0 N–H and O–H groups in total. The van der Waals surface area contributed by atoms with Gasteiger partial charge in [-0.25, -0.2) is 0 Å². The van der Waals surface area contributed by atoms with Crippen LogP contribution in [0.1, 0.15) is 5.56 Å². The van der Waals surface area contributed by atoms with E-state index >= 15 is 0 Å². The fourth-order valence-electron chi connectivity index (χ4n) is 1.70. The predicted octanol–water partition coefficient (Wildman–Crippen LogP) is 2.64. The molecule has 1 aromatic heterocycles. The molecule has 0 saturated carbocycles. The Bertz CT molecular complexity index is 511. The van der Waals surface area contributed by atoms with Crippen LogP contribution in [-0.2, 0) is 0 Å². The van der Waals surface area contributed by atoms with E-state index in [1.54, 1.807) is 0 Å².